The summed E-state index contributed by atoms with van der Waals surface area (Å²) in [5.74, 6) is 0.457. The molecule has 0 spiro atoms. The van der Waals surface area contributed by atoms with Crippen molar-refractivity contribution in [2.75, 3.05) is 24.0 Å². The van der Waals surface area contributed by atoms with E-state index in [1.807, 2.05) is 24.0 Å². The summed E-state index contributed by atoms with van der Waals surface area (Å²) < 4.78 is 33.2. The highest BCUT2D eigenvalue weighted by Crippen LogP contribution is 2.26. The van der Waals surface area contributed by atoms with Gasteiger partial charge in [0.05, 0.1) is 10.6 Å². The van der Waals surface area contributed by atoms with Crippen LogP contribution in [0.25, 0.3) is 0 Å². The lowest BCUT2D eigenvalue weighted by molar-refractivity contribution is -0.134. The van der Waals surface area contributed by atoms with E-state index in [1.165, 1.54) is 15.4 Å². The van der Waals surface area contributed by atoms with Crippen molar-refractivity contribution in [3.63, 3.8) is 0 Å². The van der Waals surface area contributed by atoms with E-state index in [0.29, 0.717) is 31.1 Å². The Bertz CT molecular complexity index is 1220. The fraction of sp³-hybridized carbons (Fsp3) is 0.269. The molecule has 0 atom stereocenters. The van der Waals surface area contributed by atoms with Crippen LogP contribution in [0.1, 0.15) is 23.6 Å². The minimum absolute atomic E-state index is 0.0549. The molecule has 6 nitrogen and oxygen atoms in total. The monoisotopic (exact) mass is 464 g/mol. The summed E-state index contributed by atoms with van der Waals surface area (Å²) in [5, 5.41) is 0. The Balaban J connectivity index is 1.39. The Morgan fingerprint density at radius 2 is 1.64 bits per heavy atom. The van der Waals surface area contributed by atoms with Crippen molar-refractivity contribution >= 4 is 21.6 Å². The number of anilines is 1. The van der Waals surface area contributed by atoms with Crippen molar-refractivity contribution in [1.82, 2.24) is 4.90 Å². The standard InChI is InChI=1S/C26H28N2O4S/c1-3-28(33(30,31)25-14-8-20(2)9-15-25)23-10-12-24(13-11-23)32-19-26(29)27-17-16-21-6-4-5-7-22(21)18-27/h4-15H,3,16-19H2,1-2H3. The Hall–Kier alpha value is -3.32. The molecule has 1 aliphatic heterocycles. The SMILES string of the molecule is CCN(c1ccc(OCC(=O)N2CCc3ccccc3C2)cc1)S(=O)(=O)c1ccc(C)cc1. The molecule has 0 fully saturated rings. The molecule has 1 heterocycles. The molecule has 0 saturated carbocycles. The van der Waals surface area contributed by atoms with E-state index in [4.69, 9.17) is 4.74 Å². The van der Waals surface area contributed by atoms with E-state index in [1.54, 1.807) is 55.5 Å². The third kappa shape index (κ3) is 5.03. The highest BCUT2D eigenvalue weighted by atomic mass is 32.2. The zero-order chi connectivity index (χ0) is 23.4. The molecule has 0 saturated heterocycles. The van der Waals surface area contributed by atoms with Gasteiger partial charge in [-0.25, -0.2) is 8.42 Å². The molecule has 172 valence electrons. The van der Waals surface area contributed by atoms with Crippen LogP contribution in [-0.2, 0) is 27.8 Å². The van der Waals surface area contributed by atoms with Gasteiger partial charge in [-0.3, -0.25) is 9.10 Å². The van der Waals surface area contributed by atoms with Gasteiger partial charge in [-0.2, -0.15) is 0 Å². The first-order valence-corrected chi connectivity index (χ1v) is 12.5. The lowest BCUT2D eigenvalue weighted by Gasteiger charge is -2.28. The number of nitrogens with zero attached hydrogens (tertiary/aromatic N) is 2. The van der Waals surface area contributed by atoms with Crippen molar-refractivity contribution in [3.05, 3.63) is 89.5 Å². The van der Waals surface area contributed by atoms with Gasteiger partial charge in [0, 0.05) is 19.6 Å². The maximum absolute atomic E-state index is 13.1. The minimum atomic E-state index is -3.67. The average Bonchev–Trinajstić information content (AvgIpc) is 2.83. The summed E-state index contributed by atoms with van der Waals surface area (Å²) in [7, 11) is -3.67. The van der Waals surface area contributed by atoms with Gasteiger partial charge in [-0.05, 0) is 67.8 Å². The molecule has 0 aromatic heterocycles. The van der Waals surface area contributed by atoms with Gasteiger partial charge in [0.15, 0.2) is 6.61 Å². The number of aryl methyl sites for hydroxylation is 1. The molecule has 0 radical (unpaired) electrons. The summed E-state index contributed by atoms with van der Waals surface area (Å²) >= 11 is 0. The molecule has 0 aliphatic carbocycles. The maximum Gasteiger partial charge on any atom is 0.264 e. The molecule has 0 unspecified atom stereocenters. The molecule has 3 aromatic carbocycles. The number of hydrogen-bond acceptors (Lipinski definition) is 4. The Labute approximate surface area is 195 Å². The third-order valence-electron chi connectivity index (χ3n) is 5.87. The number of rotatable bonds is 7. The number of fused-ring (bicyclic) bond motifs is 1. The first-order valence-electron chi connectivity index (χ1n) is 11.1. The van der Waals surface area contributed by atoms with Gasteiger partial charge in [0.1, 0.15) is 5.75 Å². The first kappa shape index (κ1) is 22.9. The van der Waals surface area contributed by atoms with Crippen LogP contribution in [0.15, 0.2) is 77.7 Å². The van der Waals surface area contributed by atoms with Crippen LogP contribution in [0.5, 0.6) is 5.75 Å². The zero-order valence-electron chi connectivity index (χ0n) is 18.9. The largest absolute Gasteiger partial charge is 0.484 e. The molecule has 7 heteroatoms. The van der Waals surface area contributed by atoms with Crippen molar-refractivity contribution in [3.8, 4) is 5.75 Å². The van der Waals surface area contributed by atoms with Gasteiger partial charge in [-0.15, -0.1) is 0 Å². The minimum Gasteiger partial charge on any atom is -0.484 e. The number of benzene rings is 3. The smallest absolute Gasteiger partial charge is 0.264 e. The van der Waals surface area contributed by atoms with E-state index >= 15 is 0 Å². The summed E-state index contributed by atoms with van der Waals surface area (Å²) in [6, 6.07) is 21.8. The highest BCUT2D eigenvalue weighted by Gasteiger charge is 2.24. The van der Waals surface area contributed by atoms with Gasteiger partial charge in [0.2, 0.25) is 0 Å². The van der Waals surface area contributed by atoms with E-state index in [0.717, 1.165) is 12.0 Å². The van der Waals surface area contributed by atoms with Gasteiger partial charge in [0.25, 0.3) is 15.9 Å². The lowest BCUT2D eigenvalue weighted by Crippen LogP contribution is -2.38. The van der Waals surface area contributed by atoms with Crippen molar-refractivity contribution in [2.45, 2.75) is 31.7 Å². The number of carbonyl (C=O) groups is 1. The molecule has 3 aromatic rings. The van der Waals surface area contributed by atoms with Gasteiger partial charge >= 0.3 is 0 Å². The van der Waals surface area contributed by atoms with Crippen molar-refractivity contribution in [2.24, 2.45) is 0 Å². The molecule has 4 rings (SSSR count). The summed E-state index contributed by atoms with van der Waals surface area (Å²) in [4.78, 5) is 14.7. The van der Waals surface area contributed by atoms with Crippen LogP contribution in [0.2, 0.25) is 0 Å². The normalized spacial score (nSPS) is 13.3. The number of ether oxygens (including phenoxy) is 1. The molecular weight excluding hydrogens is 436 g/mol. The number of hydrogen-bond donors (Lipinski definition) is 0. The molecule has 1 amide bonds. The Morgan fingerprint density at radius 1 is 0.970 bits per heavy atom. The third-order valence-corrected chi connectivity index (χ3v) is 7.78. The van der Waals surface area contributed by atoms with Crippen molar-refractivity contribution in [1.29, 1.82) is 0 Å². The van der Waals surface area contributed by atoms with Crippen LogP contribution < -0.4 is 9.04 Å². The van der Waals surface area contributed by atoms with Gasteiger partial charge in [-0.1, -0.05) is 42.0 Å². The number of amides is 1. The second-order valence-electron chi connectivity index (χ2n) is 8.10. The van der Waals surface area contributed by atoms with Crippen LogP contribution in [0.4, 0.5) is 5.69 Å². The second-order valence-corrected chi connectivity index (χ2v) is 9.96. The molecule has 1 aliphatic rings. The van der Waals surface area contributed by atoms with E-state index in [-0.39, 0.29) is 17.4 Å². The van der Waals surface area contributed by atoms with E-state index < -0.39 is 10.0 Å². The molecular formula is C26H28N2O4S. The second kappa shape index (κ2) is 9.67. The molecule has 33 heavy (non-hydrogen) atoms. The topological polar surface area (TPSA) is 66.9 Å². The van der Waals surface area contributed by atoms with Gasteiger partial charge < -0.3 is 9.64 Å². The van der Waals surface area contributed by atoms with Crippen LogP contribution in [0.3, 0.4) is 0 Å². The summed E-state index contributed by atoms with van der Waals surface area (Å²) in [6.07, 6.45) is 0.846. The van der Waals surface area contributed by atoms with E-state index in [2.05, 4.69) is 12.1 Å². The number of sulfonamides is 1. The fourth-order valence-electron chi connectivity index (χ4n) is 3.98. The lowest BCUT2D eigenvalue weighted by atomic mass is 10.00. The van der Waals surface area contributed by atoms with Crippen molar-refractivity contribution < 1.29 is 17.9 Å². The summed E-state index contributed by atoms with van der Waals surface area (Å²) in [6.45, 7) is 5.24. The Morgan fingerprint density at radius 3 is 2.30 bits per heavy atom. The van der Waals surface area contributed by atoms with Crippen LogP contribution in [0, 0.1) is 6.92 Å². The predicted molar refractivity (Wildman–Crippen MR) is 129 cm³/mol. The quantitative estimate of drug-likeness (QED) is 0.526. The number of carbonyl (C=O) groups excluding carboxylic acids is 1. The van der Waals surface area contributed by atoms with Crippen LogP contribution >= 0.6 is 0 Å². The summed E-state index contributed by atoms with van der Waals surface area (Å²) in [5.41, 5.74) is 4.02. The molecule has 0 bridgehead atoms. The predicted octanol–water partition coefficient (Wildman–Crippen LogP) is 4.17. The zero-order valence-corrected chi connectivity index (χ0v) is 19.7. The average molecular weight is 465 g/mol. The van der Waals surface area contributed by atoms with Crippen LogP contribution in [-0.4, -0.2) is 38.9 Å². The first-order chi connectivity index (χ1) is 15.9. The highest BCUT2D eigenvalue weighted by molar-refractivity contribution is 7.92. The Kier molecular flexibility index (Phi) is 6.70. The molecule has 0 N–H and O–H groups in total. The van der Waals surface area contributed by atoms with E-state index in [9.17, 15) is 13.2 Å². The fourth-order valence-corrected chi connectivity index (χ4v) is 5.46. The maximum atomic E-state index is 13.1.